The molecule has 0 amide bonds. The highest BCUT2D eigenvalue weighted by Gasteiger charge is 2.19. The molecule has 8 heteroatoms. The van der Waals surface area contributed by atoms with Gasteiger partial charge in [0, 0.05) is 19.6 Å². The van der Waals surface area contributed by atoms with Gasteiger partial charge >= 0.3 is 0 Å². The Morgan fingerprint density at radius 2 is 1.85 bits per heavy atom. The van der Waals surface area contributed by atoms with Crippen LogP contribution in [0.15, 0.2) is 60.0 Å². The molecule has 1 saturated heterocycles. The first-order chi connectivity index (χ1) is 16.7. The fraction of sp³-hybridized carbons (Fsp3) is 0.308. The number of ether oxygens (including phenoxy) is 1. The lowest BCUT2D eigenvalue weighted by Gasteiger charge is -2.27. The molecule has 1 aliphatic rings. The van der Waals surface area contributed by atoms with Crippen molar-refractivity contribution in [2.24, 2.45) is 5.10 Å². The molecule has 0 bridgehead atoms. The third-order valence-electron chi connectivity index (χ3n) is 5.93. The Labute approximate surface area is 199 Å². The van der Waals surface area contributed by atoms with Crippen LogP contribution >= 0.6 is 0 Å². The first-order valence-corrected chi connectivity index (χ1v) is 11.6. The number of hydrogen-bond donors (Lipinski definition) is 1. The third-order valence-corrected chi connectivity index (χ3v) is 5.93. The summed E-state index contributed by atoms with van der Waals surface area (Å²) in [6.45, 7) is 7.81. The maximum atomic E-state index is 5.51. The van der Waals surface area contributed by atoms with Crippen LogP contribution in [0.25, 0.3) is 11.2 Å². The van der Waals surface area contributed by atoms with Crippen molar-refractivity contribution in [1.82, 2.24) is 19.5 Å². The second-order valence-electron chi connectivity index (χ2n) is 8.60. The summed E-state index contributed by atoms with van der Waals surface area (Å²) in [7, 11) is 0. The fourth-order valence-corrected chi connectivity index (χ4v) is 4.00. The maximum absolute atomic E-state index is 5.51. The second-order valence-corrected chi connectivity index (χ2v) is 8.60. The van der Waals surface area contributed by atoms with E-state index in [0.717, 1.165) is 37.3 Å². The van der Waals surface area contributed by atoms with Gasteiger partial charge in [-0.2, -0.15) is 15.1 Å². The number of fused-ring (bicyclic) bond motifs is 1. The molecule has 0 unspecified atom stereocenters. The zero-order valence-corrected chi connectivity index (χ0v) is 19.6. The number of morpholine rings is 1. The number of aryl methyl sites for hydroxylation is 4. The highest BCUT2D eigenvalue weighted by Crippen LogP contribution is 2.24. The van der Waals surface area contributed by atoms with Crippen molar-refractivity contribution < 1.29 is 4.74 Å². The highest BCUT2D eigenvalue weighted by molar-refractivity contribution is 5.86. The summed E-state index contributed by atoms with van der Waals surface area (Å²) in [6.07, 6.45) is 4.53. The van der Waals surface area contributed by atoms with Crippen LogP contribution in [-0.2, 0) is 17.7 Å². The zero-order valence-electron chi connectivity index (χ0n) is 19.6. The topological polar surface area (TPSA) is 80.5 Å². The number of nitrogens with zero attached hydrogens (tertiary/aromatic N) is 6. The van der Waals surface area contributed by atoms with Crippen LogP contribution in [0.1, 0.15) is 22.3 Å². The van der Waals surface area contributed by atoms with Gasteiger partial charge in [-0.1, -0.05) is 59.7 Å². The van der Waals surface area contributed by atoms with Gasteiger partial charge in [0.25, 0.3) is 0 Å². The Bertz CT molecular complexity index is 1290. The molecule has 174 valence electrons. The molecule has 34 heavy (non-hydrogen) atoms. The van der Waals surface area contributed by atoms with Gasteiger partial charge in [0.15, 0.2) is 17.0 Å². The van der Waals surface area contributed by atoms with Crippen LogP contribution in [0.5, 0.6) is 0 Å². The molecule has 1 N–H and O–H groups in total. The summed E-state index contributed by atoms with van der Waals surface area (Å²) >= 11 is 0. The quantitative estimate of drug-likeness (QED) is 0.336. The molecule has 4 aromatic rings. The molecule has 5 rings (SSSR count). The molecule has 0 spiro atoms. The summed E-state index contributed by atoms with van der Waals surface area (Å²) in [6, 6.07) is 16.8. The Hall–Kier alpha value is -3.78. The highest BCUT2D eigenvalue weighted by atomic mass is 16.5. The minimum Gasteiger partial charge on any atom is -0.378 e. The smallest absolute Gasteiger partial charge is 0.229 e. The molecule has 2 aromatic carbocycles. The van der Waals surface area contributed by atoms with Crippen molar-refractivity contribution in [2.75, 3.05) is 36.6 Å². The average Bonchev–Trinajstić information content (AvgIpc) is 3.27. The fourth-order valence-electron chi connectivity index (χ4n) is 4.00. The SMILES string of the molecule is Cc1ccc(CCn2cnc3c(NN=Cc4cccc(C)c4)nc(N4CCOCC4)nc32)cc1. The average molecular weight is 456 g/mol. The lowest BCUT2D eigenvalue weighted by molar-refractivity contribution is 0.122. The standard InChI is InChI=1S/C26H29N7O/c1-19-6-8-21(9-7-19)10-11-33-18-27-23-24(31-28-17-22-5-3-4-20(2)16-22)29-26(30-25(23)33)32-12-14-34-15-13-32/h3-9,16-18H,10-15H2,1-2H3,(H,29,30,31). The van der Waals surface area contributed by atoms with Crippen molar-refractivity contribution in [1.29, 1.82) is 0 Å². The third kappa shape index (κ3) is 5.07. The van der Waals surface area contributed by atoms with Gasteiger partial charge < -0.3 is 14.2 Å². The molecule has 3 heterocycles. The van der Waals surface area contributed by atoms with Gasteiger partial charge in [-0.15, -0.1) is 0 Å². The van der Waals surface area contributed by atoms with Crippen molar-refractivity contribution in [3.63, 3.8) is 0 Å². The number of anilines is 2. The van der Waals surface area contributed by atoms with E-state index >= 15 is 0 Å². The van der Waals surface area contributed by atoms with E-state index in [9.17, 15) is 0 Å². The van der Waals surface area contributed by atoms with E-state index in [-0.39, 0.29) is 0 Å². The van der Waals surface area contributed by atoms with E-state index in [1.165, 1.54) is 16.7 Å². The maximum Gasteiger partial charge on any atom is 0.229 e. The van der Waals surface area contributed by atoms with Crippen molar-refractivity contribution >= 4 is 29.1 Å². The molecule has 0 saturated carbocycles. The number of hydrogen-bond acceptors (Lipinski definition) is 7. The van der Waals surface area contributed by atoms with E-state index in [0.29, 0.717) is 30.5 Å². The number of imidazole rings is 1. The van der Waals surface area contributed by atoms with Gasteiger partial charge in [0.2, 0.25) is 5.95 Å². The number of rotatable bonds is 7. The van der Waals surface area contributed by atoms with Crippen molar-refractivity contribution in [2.45, 2.75) is 26.8 Å². The number of hydrazone groups is 1. The van der Waals surface area contributed by atoms with Crippen LogP contribution in [0.3, 0.4) is 0 Å². The molecular formula is C26H29N7O. The van der Waals surface area contributed by atoms with Crippen LogP contribution in [-0.4, -0.2) is 52.0 Å². The predicted octanol–water partition coefficient (Wildman–Crippen LogP) is 3.97. The molecule has 0 atom stereocenters. The summed E-state index contributed by atoms with van der Waals surface area (Å²) in [4.78, 5) is 16.4. The Balaban J connectivity index is 1.44. The van der Waals surface area contributed by atoms with Crippen molar-refractivity contribution in [3.05, 3.63) is 77.1 Å². The summed E-state index contributed by atoms with van der Waals surface area (Å²) < 4.78 is 7.61. The summed E-state index contributed by atoms with van der Waals surface area (Å²) in [5, 5.41) is 4.44. The summed E-state index contributed by atoms with van der Waals surface area (Å²) in [5.41, 5.74) is 9.39. The Kier molecular flexibility index (Phi) is 6.49. The molecule has 2 aromatic heterocycles. The van der Waals surface area contributed by atoms with Crippen LogP contribution in [0, 0.1) is 13.8 Å². The Morgan fingerprint density at radius 1 is 1.03 bits per heavy atom. The number of aromatic nitrogens is 4. The van der Waals surface area contributed by atoms with E-state index in [2.05, 4.69) is 75.2 Å². The van der Waals surface area contributed by atoms with Crippen LogP contribution in [0.4, 0.5) is 11.8 Å². The first kappa shape index (κ1) is 22.0. The summed E-state index contributed by atoms with van der Waals surface area (Å²) in [5.74, 6) is 1.27. The minimum absolute atomic E-state index is 0.601. The van der Waals surface area contributed by atoms with E-state index in [4.69, 9.17) is 14.7 Å². The monoisotopic (exact) mass is 455 g/mol. The normalized spacial score (nSPS) is 14.2. The molecular weight excluding hydrogens is 426 g/mol. The van der Waals surface area contributed by atoms with Gasteiger partial charge in [0.1, 0.15) is 0 Å². The second kappa shape index (κ2) is 10.0. The minimum atomic E-state index is 0.601. The van der Waals surface area contributed by atoms with Crippen LogP contribution in [0.2, 0.25) is 0 Å². The largest absolute Gasteiger partial charge is 0.378 e. The van der Waals surface area contributed by atoms with Crippen LogP contribution < -0.4 is 10.3 Å². The molecule has 0 aliphatic carbocycles. The molecule has 8 nitrogen and oxygen atoms in total. The molecule has 1 fully saturated rings. The van der Waals surface area contributed by atoms with Crippen molar-refractivity contribution in [3.8, 4) is 0 Å². The van der Waals surface area contributed by atoms with Gasteiger partial charge in [-0.05, 0) is 31.4 Å². The van der Waals surface area contributed by atoms with Gasteiger partial charge in [-0.3, -0.25) is 5.43 Å². The molecule has 0 radical (unpaired) electrons. The Morgan fingerprint density at radius 3 is 2.65 bits per heavy atom. The molecule has 1 aliphatic heterocycles. The van der Waals surface area contributed by atoms with Gasteiger partial charge in [-0.25, -0.2) is 4.98 Å². The first-order valence-electron chi connectivity index (χ1n) is 11.6. The van der Waals surface area contributed by atoms with E-state index in [1.54, 1.807) is 6.21 Å². The lowest BCUT2D eigenvalue weighted by Crippen LogP contribution is -2.37. The van der Waals surface area contributed by atoms with E-state index in [1.807, 2.05) is 18.5 Å². The lowest BCUT2D eigenvalue weighted by atomic mass is 10.1. The van der Waals surface area contributed by atoms with E-state index < -0.39 is 0 Å². The number of benzene rings is 2. The number of nitrogens with one attached hydrogen (secondary N) is 1. The zero-order chi connectivity index (χ0) is 23.3. The van der Waals surface area contributed by atoms with Gasteiger partial charge in [0.05, 0.1) is 25.8 Å². The predicted molar refractivity (Wildman–Crippen MR) is 136 cm³/mol.